The van der Waals surface area contributed by atoms with Gasteiger partial charge in [-0.15, -0.1) is 6.42 Å². The molecule has 1 aliphatic rings. The molecule has 1 aliphatic carbocycles. The topological polar surface area (TPSA) is 0 Å². The summed E-state index contributed by atoms with van der Waals surface area (Å²) in [6, 6.07) is 0. The van der Waals surface area contributed by atoms with E-state index in [2.05, 4.69) is 38.3 Å². The summed E-state index contributed by atoms with van der Waals surface area (Å²) in [5.74, 6) is 0. The molecule has 0 N–H and O–H groups in total. The molecule has 0 aromatic carbocycles. The third kappa shape index (κ3) is 7.71. The van der Waals surface area contributed by atoms with Crippen molar-refractivity contribution in [1.29, 1.82) is 0 Å². The fourth-order valence-corrected chi connectivity index (χ4v) is 0.693. The van der Waals surface area contributed by atoms with Crippen molar-refractivity contribution in [2.24, 2.45) is 0 Å². The van der Waals surface area contributed by atoms with Crippen molar-refractivity contribution in [1.82, 2.24) is 0 Å². The minimum absolute atomic E-state index is 0. The van der Waals surface area contributed by atoms with Gasteiger partial charge in [-0.1, -0.05) is 38.7 Å². The van der Waals surface area contributed by atoms with E-state index in [-0.39, 0.29) is 20.1 Å². The van der Waals surface area contributed by atoms with Crippen molar-refractivity contribution in [3.05, 3.63) is 49.1 Å². The molecule has 0 saturated heterocycles. The zero-order valence-corrected chi connectivity index (χ0v) is 9.87. The molecule has 0 unspecified atom stereocenters. The maximum absolute atomic E-state index is 3.36. The van der Waals surface area contributed by atoms with E-state index in [1.165, 1.54) is 5.57 Å². The van der Waals surface area contributed by atoms with Crippen LogP contribution in [0.2, 0.25) is 0 Å². The van der Waals surface area contributed by atoms with Crippen LogP contribution in [-0.2, 0) is 20.1 Å². The first-order valence-electron chi connectivity index (χ1n) is 3.84. The van der Waals surface area contributed by atoms with Crippen molar-refractivity contribution >= 4 is 0 Å². The summed E-state index contributed by atoms with van der Waals surface area (Å²) in [7, 11) is 0. The smallest absolute Gasteiger partial charge is 0 e. The Balaban J connectivity index is 0. The molecule has 0 aromatic rings. The molecule has 1 rings (SSSR count). The van der Waals surface area contributed by atoms with Gasteiger partial charge in [0.05, 0.1) is 0 Å². The van der Waals surface area contributed by atoms with Crippen LogP contribution in [0.25, 0.3) is 0 Å². The molecule has 1 radical (unpaired) electrons. The molecule has 12 heavy (non-hydrogen) atoms. The van der Waals surface area contributed by atoms with Gasteiger partial charge in [-0.25, -0.2) is 11.6 Å². The van der Waals surface area contributed by atoms with E-state index in [0.717, 1.165) is 12.8 Å². The Morgan fingerprint density at radius 1 is 1.50 bits per heavy atom. The monoisotopic (exact) mass is 340 g/mol. The van der Waals surface area contributed by atoms with Crippen molar-refractivity contribution in [3.63, 3.8) is 0 Å². The molecule has 0 heterocycles. The molecule has 0 bridgehead atoms. The maximum atomic E-state index is 3.36. The van der Waals surface area contributed by atoms with Gasteiger partial charge in [0.15, 0.2) is 0 Å². The summed E-state index contributed by atoms with van der Waals surface area (Å²) in [5, 5.41) is 0. The first kappa shape index (κ1) is 14.2. The van der Waals surface area contributed by atoms with Crippen LogP contribution in [0.1, 0.15) is 19.8 Å². The van der Waals surface area contributed by atoms with E-state index >= 15 is 0 Å². The molecule has 0 atom stereocenters. The van der Waals surface area contributed by atoms with Gasteiger partial charge in [0.2, 0.25) is 0 Å². The van der Waals surface area contributed by atoms with Crippen molar-refractivity contribution in [2.45, 2.75) is 19.8 Å². The summed E-state index contributed by atoms with van der Waals surface area (Å²) in [6.07, 6.45) is 12.9. The molecule has 0 amide bonds. The SMILES string of the molecule is C=CC=C.CCC1=[C-]CC=C1.[Ir]. The van der Waals surface area contributed by atoms with Gasteiger partial charge in [0.25, 0.3) is 0 Å². The zero-order chi connectivity index (χ0) is 8.53. The van der Waals surface area contributed by atoms with E-state index < -0.39 is 0 Å². The van der Waals surface area contributed by atoms with E-state index in [1.807, 2.05) is 0 Å². The fourth-order valence-electron chi connectivity index (χ4n) is 0.693. The molecule has 69 valence electrons. The molecule has 1 heteroatoms. The molecule has 0 fully saturated rings. The Morgan fingerprint density at radius 2 is 2.08 bits per heavy atom. The Labute approximate surface area is 89.1 Å². The minimum Gasteiger partial charge on any atom is -0.270 e. The quantitative estimate of drug-likeness (QED) is 0.534. The van der Waals surface area contributed by atoms with E-state index in [9.17, 15) is 0 Å². The van der Waals surface area contributed by atoms with Gasteiger partial charge in [-0.3, -0.25) is 6.08 Å². The average molecular weight is 339 g/mol. The summed E-state index contributed by atoms with van der Waals surface area (Å²) in [4.78, 5) is 0. The van der Waals surface area contributed by atoms with Gasteiger partial charge in [0.1, 0.15) is 0 Å². The van der Waals surface area contributed by atoms with Gasteiger partial charge in [-0.05, 0) is 0 Å². The predicted molar refractivity (Wildman–Crippen MR) is 51.2 cm³/mol. The second-order valence-electron chi connectivity index (χ2n) is 2.13. The largest absolute Gasteiger partial charge is 0.270 e. The van der Waals surface area contributed by atoms with Gasteiger partial charge in [-0.2, -0.15) is 6.08 Å². The standard InChI is InChI=1S/C7H9.C4H6.Ir/c1-2-7-5-3-4-6-7;1-3-4-2;/h3,5H,2,4H2,1H3;3-4H,1-2H2;/q-1;;. The van der Waals surface area contributed by atoms with Gasteiger partial charge in [0, 0.05) is 20.1 Å². The number of allylic oxidation sites excluding steroid dienone is 6. The van der Waals surface area contributed by atoms with Gasteiger partial charge >= 0.3 is 0 Å². The molecule has 0 nitrogen and oxygen atoms in total. The summed E-state index contributed by atoms with van der Waals surface area (Å²) >= 11 is 0. The van der Waals surface area contributed by atoms with Crippen LogP contribution in [0.3, 0.4) is 0 Å². The van der Waals surface area contributed by atoms with Gasteiger partial charge < -0.3 is 0 Å². The van der Waals surface area contributed by atoms with Crippen LogP contribution in [0.15, 0.2) is 43.0 Å². The second-order valence-corrected chi connectivity index (χ2v) is 2.13. The molecule has 0 aliphatic heterocycles. The molecule has 0 aromatic heterocycles. The van der Waals surface area contributed by atoms with Crippen LogP contribution in [-0.4, -0.2) is 0 Å². The average Bonchev–Trinajstić information content (AvgIpc) is 2.56. The number of rotatable bonds is 2. The first-order valence-corrected chi connectivity index (χ1v) is 3.84. The molecular formula is C11H15Ir-. The Kier molecular flexibility index (Phi) is 12.5. The number of hydrogen-bond acceptors (Lipinski definition) is 0. The van der Waals surface area contributed by atoms with Crippen LogP contribution >= 0.6 is 0 Å². The van der Waals surface area contributed by atoms with Crippen LogP contribution in [0, 0.1) is 6.08 Å². The normalized spacial score (nSPS) is 11.9. The number of hydrogen-bond donors (Lipinski definition) is 0. The van der Waals surface area contributed by atoms with Crippen LogP contribution in [0.4, 0.5) is 0 Å². The molecular weight excluding hydrogens is 324 g/mol. The Bertz CT molecular complexity index is 169. The first-order chi connectivity index (χ1) is 5.35. The zero-order valence-electron chi connectivity index (χ0n) is 7.47. The third-order valence-corrected chi connectivity index (χ3v) is 1.31. The minimum atomic E-state index is 0. The fraction of sp³-hybridized carbons (Fsp3) is 0.273. The Hall–Kier alpha value is -0.391. The predicted octanol–water partition coefficient (Wildman–Crippen LogP) is 3.44. The summed E-state index contributed by atoms with van der Waals surface area (Å²) < 4.78 is 0. The third-order valence-electron chi connectivity index (χ3n) is 1.31. The second kappa shape index (κ2) is 10.6. The van der Waals surface area contributed by atoms with E-state index in [4.69, 9.17) is 0 Å². The van der Waals surface area contributed by atoms with Crippen molar-refractivity contribution < 1.29 is 20.1 Å². The molecule has 0 spiro atoms. The molecule has 0 saturated carbocycles. The Morgan fingerprint density at radius 3 is 2.25 bits per heavy atom. The summed E-state index contributed by atoms with van der Waals surface area (Å²) in [5.41, 5.74) is 1.36. The van der Waals surface area contributed by atoms with Crippen molar-refractivity contribution in [3.8, 4) is 0 Å². The maximum Gasteiger partial charge on any atom is 0 e. The summed E-state index contributed by atoms with van der Waals surface area (Å²) in [6.45, 7) is 8.87. The van der Waals surface area contributed by atoms with E-state index in [0.29, 0.717) is 0 Å². The van der Waals surface area contributed by atoms with Crippen LogP contribution in [0.5, 0.6) is 0 Å². The van der Waals surface area contributed by atoms with Crippen LogP contribution < -0.4 is 0 Å². The van der Waals surface area contributed by atoms with E-state index in [1.54, 1.807) is 12.2 Å². The van der Waals surface area contributed by atoms with Crippen molar-refractivity contribution in [2.75, 3.05) is 0 Å².